The number of nitroso groups, excluding NO2 is 1. The van der Waals surface area contributed by atoms with E-state index in [9.17, 15) is 4.91 Å². The summed E-state index contributed by atoms with van der Waals surface area (Å²) in [4.78, 5) is 10.5. The highest BCUT2D eigenvalue weighted by Gasteiger charge is 2.10. The van der Waals surface area contributed by atoms with Crippen molar-refractivity contribution < 1.29 is 4.74 Å². The predicted octanol–water partition coefficient (Wildman–Crippen LogP) is 4.31. The van der Waals surface area contributed by atoms with Gasteiger partial charge >= 0.3 is 0 Å². The first-order chi connectivity index (χ1) is 11.1. The number of hydrogen-bond donors (Lipinski definition) is 2. The lowest BCUT2D eigenvalue weighted by Gasteiger charge is -2.14. The summed E-state index contributed by atoms with van der Waals surface area (Å²) in [7, 11) is 0. The number of anilines is 1. The maximum Gasteiger partial charge on any atom is 0.130 e. The number of halogens is 1. The number of nitrogens with two attached hydrogens (primary N) is 2. The Morgan fingerprint density at radius 3 is 2.61 bits per heavy atom. The number of nitrogens with zero attached hydrogens (tertiary/aromatic N) is 1. The Kier molecular flexibility index (Phi) is 5.96. The van der Waals surface area contributed by atoms with Gasteiger partial charge in [0.2, 0.25) is 0 Å². The summed E-state index contributed by atoms with van der Waals surface area (Å²) < 4.78 is 5.88. The second-order valence-corrected chi connectivity index (χ2v) is 5.69. The van der Waals surface area contributed by atoms with Gasteiger partial charge in [0.15, 0.2) is 0 Å². The average Bonchev–Trinajstić information content (AvgIpc) is 2.55. The third-order valence-electron chi connectivity index (χ3n) is 3.55. The van der Waals surface area contributed by atoms with Gasteiger partial charge in [-0.15, -0.1) is 4.91 Å². The summed E-state index contributed by atoms with van der Waals surface area (Å²) >= 11 is 6.26. The van der Waals surface area contributed by atoms with Crippen LogP contribution in [0.2, 0.25) is 5.02 Å². The molecule has 0 atom stereocenters. The SMILES string of the molecule is CCCc1cc(OCc2ccc(N=O)c(N)c2)c(CN)cc1Cl. The minimum absolute atomic E-state index is 0.230. The molecule has 2 aromatic rings. The van der Waals surface area contributed by atoms with Crippen molar-refractivity contribution >= 4 is 23.0 Å². The Balaban J connectivity index is 2.20. The number of nitrogen functional groups attached to an aromatic ring is 1. The van der Waals surface area contributed by atoms with E-state index >= 15 is 0 Å². The van der Waals surface area contributed by atoms with Crippen LogP contribution in [-0.4, -0.2) is 0 Å². The zero-order valence-corrected chi connectivity index (χ0v) is 13.8. The van der Waals surface area contributed by atoms with Crippen LogP contribution < -0.4 is 16.2 Å². The normalized spacial score (nSPS) is 10.6. The quantitative estimate of drug-likeness (QED) is 0.583. The average molecular weight is 334 g/mol. The van der Waals surface area contributed by atoms with E-state index in [0.717, 1.165) is 35.3 Å². The highest BCUT2D eigenvalue weighted by Crippen LogP contribution is 2.29. The van der Waals surface area contributed by atoms with Crippen molar-refractivity contribution in [3.8, 4) is 5.75 Å². The summed E-state index contributed by atoms with van der Waals surface area (Å²) in [6, 6.07) is 8.82. The molecule has 2 rings (SSSR count). The molecule has 0 saturated heterocycles. The second-order valence-electron chi connectivity index (χ2n) is 5.28. The lowest BCUT2D eigenvalue weighted by Crippen LogP contribution is -2.04. The van der Waals surface area contributed by atoms with Crippen LogP contribution in [0.1, 0.15) is 30.0 Å². The van der Waals surface area contributed by atoms with Gasteiger partial charge in [-0.1, -0.05) is 31.0 Å². The van der Waals surface area contributed by atoms with E-state index in [1.54, 1.807) is 18.2 Å². The molecule has 0 aliphatic carbocycles. The second kappa shape index (κ2) is 7.94. The van der Waals surface area contributed by atoms with Gasteiger partial charge in [0.1, 0.15) is 18.0 Å². The molecule has 0 fully saturated rings. The van der Waals surface area contributed by atoms with Crippen molar-refractivity contribution in [2.45, 2.75) is 32.9 Å². The first-order valence-corrected chi connectivity index (χ1v) is 7.82. The Morgan fingerprint density at radius 1 is 1.22 bits per heavy atom. The number of rotatable bonds is 7. The molecule has 0 aliphatic heterocycles. The Bertz CT molecular complexity index is 704. The number of hydrogen-bond acceptors (Lipinski definition) is 5. The molecule has 23 heavy (non-hydrogen) atoms. The molecule has 122 valence electrons. The van der Waals surface area contributed by atoms with E-state index in [-0.39, 0.29) is 5.69 Å². The molecule has 4 N–H and O–H groups in total. The first-order valence-electron chi connectivity index (χ1n) is 7.45. The van der Waals surface area contributed by atoms with Crippen LogP contribution in [0.4, 0.5) is 11.4 Å². The summed E-state index contributed by atoms with van der Waals surface area (Å²) in [5.41, 5.74) is 14.8. The largest absolute Gasteiger partial charge is 0.489 e. The van der Waals surface area contributed by atoms with Gasteiger partial charge in [-0.2, -0.15) is 0 Å². The van der Waals surface area contributed by atoms with Crippen molar-refractivity contribution in [2.75, 3.05) is 5.73 Å². The van der Waals surface area contributed by atoms with Gasteiger partial charge < -0.3 is 16.2 Å². The van der Waals surface area contributed by atoms with Gasteiger partial charge in [-0.05, 0) is 47.0 Å². The summed E-state index contributed by atoms with van der Waals surface area (Å²) in [5.74, 6) is 0.719. The molecular formula is C17H20ClN3O2. The van der Waals surface area contributed by atoms with E-state index in [1.165, 1.54) is 0 Å². The number of ether oxygens (including phenoxy) is 1. The molecule has 0 radical (unpaired) electrons. The van der Waals surface area contributed by atoms with E-state index in [1.807, 2.05) is 12.1 Å². The highest BCUT2D eigenvalue weighted by atomic mass is 35.5. The van der Waals surface area contributed by atoms with Crippen molar-refractivity contribution in [2.24, 2.45) is 10.9 Å². The highest BCUT2D eigenvalue weighted by molar-refractivity contribution is 6.31. The van der Waals surface area contributed by atoms with Gasteiger partial charge in [0.25, 0.3) is 0 Å². The monoisotopic (exact) mass is 333 g/mol. The fourth-order valence-electron chi connectivity index (χ4n) is 2.33. The maximum absolute atomic E-state index is 10.5. The minimum Gasteiger partial charge on any atom is -0.489 e. The number of aryl methyl sites for hydroxylation is 1. The summed E-state index contributed by atoms with van der Waals surface area (Å²) in [5, 5.41) is 3.56. The van der Waals surface area contributed by atoms with E-state index in [0.29, 0.717) is 23.9 Å². The summed E-state index contributed by atoms with van der Waals surface area (Å²) in [6.45, 7) is 2.76. The van der Waals surface area contributed by atoms with E-state index in [4.69, 9.17) is 27.8 Å². The predicted molar refractivity (Wildman–Crippen MR) is 94.0 cm³/mol. The van der Waals surface area contributed by atoms with Crippen LogP contribution in [0, 0.1) is 4.91 Å². The van der Waals surface area contributed by atoms with E-state index < -0.39 is 0 Å². The molecule has 0 heterocycles. The fourth-order valence-corrected chi connectivity index (χ4v) is 2.61. The van der Waals surface area contributed by atoms with Crippen molar-refractivity contribution in [3.63, 3.8) is 0 Å². The first kappa shape index (κ1) is 17.2. The van der Waals surface area contributed by atoms with Crippen LogP contribution in [0.5, 0.6) is 5.75 Å². The third kappa shape index (κ3) is 4.21. The third-order valence-corrected chi connectivity index (χ3v) is 3.91. The van der Waals surface area contributed by atoms with Crippen molar-refractivity contribution in [1.29, 1.82) is 0 Å². The van der Waals surface area contributed by atoms with Crippen molar-refractivity contribution in [1.82, 2.24) is 0 Å². The van der Waals surface area contributed by atoms with Crippen LogP contribution in [-0.2, 0) is 19.6 Å². The lowest BCUT2D eigenvalue weighted by molar-refractivity contribution is 0.303. The topological polar surface area (TPSA) is 90.7 Å². The van der Waals surface area contributed by atoms with Crippen LogP contribution in [0.25, 0.3) is 0 Å². The van der Waals surface area contributed by atoms with Gasteiger partial charge in [0, 0.05) is 17.1 Å². The molecular weight excluding hydrogens is 314 g/mol. The number of benzene rings is 2. The summed E-state index contributed by atoms with van der Waals surface area (Å²) in [6.07, 6.45) is 1.88. The molecule has 2 aromatic carbocycles. The minimum atomic E-state index is 0.230. The smallest absolute Gasteiger partial charge is 0.130 e. The Morgan fingerprint density at radius 2 is 2.00 bits per heavy atom. The van der Waals surface area contributed by atoms with E-state index in [2.05, 4.69) is 12.1 Å². The molecule has 0 unspecified atom stereocenters. The standard InChI is InChI=1S/C17H20ClN3O2/c1-2-3-12-8-17(13(9-19)7-14(12)18)23-10-11-4-5-16(21-22)15(20)6-11/h4-8H,2-3,9-10,19-20H2,1H3. The molecule has 0 aromatic heterocycles. The Hall–Kier alpha value is -2.11. The molecule has 6 heteroatoms. The Labute approximate surface area is 140 Å². The zero-order chi connectivity index (χ0) is 16.8. The zero-order valence-electron chi connectivity index (χ0n) is 13.0. The lowest BCUT2D eigenvalue weighted by atomic mass is 10.1. The molecule has 0 spiro atoms. The molecule has 0 saturated carbocycles. The molecule has 0 amide bonds. The molecule has 5 nitrogen and oxygen atoms in total. The fraction of sp³-hybridized carbons (Fsp3) is 0.294. The van der Waals surface area contributed by atoms with Crippen LogP contribution in [0.15, 0.2) is 35.5 Å². The molecule has 0 aliphatic rings. The van der Waals surface area contributed by atoms with Gasteiger partial charge in [-0.25, -0.2) is 0 Å². The maximum atomic E-state index is 10.5. The van der Waals surface area contributed by atoms with Gasteiger partial charge in [-0.3, -0.25) is 0 Å². The van der Waals surface area contributed by atoms with Crippen LogP contribution >= 0.6 is 11.6 Å². The van der Waals surface area contributed by atoms with Gasteiger partial charge in [0.05, 0.1) is 5.69 Å². The van der Waals surface area contributed by atoms with Crippen molar-refractivity contribution in [3.05, 3.63) is 57.0 Å². The molecule has 0 bridgehead atoms. The van der Waals surface area contributed by atoms with Crippen LogP contribution in [0.3, 0.4) is 0 Å².